The van der Waals surface area contributed by atoms with Gasteiger partial charge in [0, 0.05) is 25.2 Å². The van der Waals surface area contributed by atoms with Crippen molar-refractivity contribution in [2.24, 2.45) is 0 Å². The predicted octanol–water partition coefficient (Wildman–Crippen LogP) is 0.520. The van der Waals surface area contributed by atoms with Gasteiger partial charge in [-0.25, -0.2) is 0 Å². The van der Waals surface area contributed by atoms with Crippen LogP contribution in [0.5, 0.6) is 0 Å². The van der Waals surface area contributed by atoms with Crippen LogP contribution in [0.15, 0.2) is 0 Å². The lowest BCUT2D eigenvalue weighted by Gasteiger charge is -2.15. The fourth-order valence-corrected chi connectivity index (χ4v) is 0.776. The second-order valence-corrected chi connectivity index (χ2v) is 2.08. The van der Waals surface area contributed by atoms with E-state index in [1.165, 1.54) is 0 Å². The van der Waals surface area contributed by atoms with Gasteiger partial charge in [-0.05, 0) is 13.8 Å². The van der Waals surface area contributed by atoms with Gasteiger partial charge in [-0.15, -0.1) is 0 Å². The molecule has 9 heavy (non-hydrogen) atoms. The van der Waals surface area contributed by atoms with E-state index in [2.05, 4.69) is 35.7 Å². The molecule has 1 heterocycles. The SMILES string of the molecule is CCN1C#CN(CC)C1. The molecule has 0 aliphatic carbocycles. The lowest BCUT2D eigenvalue weighted by atomic mass is 10.6. The van der Waals surface area contributed by atoms with Gasteiger partial charge in [0.25, 0.3) is 0 Å². The Kier molecular flexibility index (Phi) is 1.84. The minimum atomic E-state index is 0.965. The third-order valence-corrected chi connectivity index (χ3v) is 1.47. The van der Waals surface area contributed by atoms with Gasteiger partial charge in [0.05, 0.1) is 0 Å². The quantitative estimate of drug-likeness (QED) is 0.495. The Morgan fingerprint density at radius 2 is 1.56 bits per heavy atom. The molecule has 0 aromatic heterocycles. The Morgan fingerprint density at radius 1 is 1.11 bits per heavy atom. The number of hydrogen-bond acceptors (Lipinski definition) is 2. The fraction of sp³-hybridized carbons (Fsp3) is 0.714. The van der Waals surface area contributed by atoms with E-state index < -0.39 is 0 Å². The number of hydrogen-bond donors (Lipinski definition) is 0. The second-order valence-electron chi connectivity index (χ2n) is 2.08. The van der Waals surface area contributed by atoms with Crippen molar-refractivity contribution in [1.82, 2.24) is 9.80 Å². The molecule has 2 nitrogen and oxygen atoms in total. The summed E-state index contributed by atoms with van der Waals surface area (Å²) in [5.74, 6) is 0. The monoisotopic (exact) mass is 124 g/mol. The first-order valence-electron chi connectivity index (χ1n) is 3.38. The minimum Gasteiger partial charge on any atom is -0.312 e. The van der Waals surface area contributed by atoms with E-state index in [1.807, 2.05) is 0 Å². The van der Waals surface area contributed by atoms with Gasteiger partial charge < -0.3 is 9.80 Å². The highest BCUT2D eigenvalue weighted by Gasteiger charge is 2.06. The molecular formula is C7H12N2. The molecule has 1 aliphatic heterocycles. The highest BCUT2D eigenvalue weighted by molar-refractivity contribution is 5.03. The molecule has 0 aromatic rings. The molecule has 0 saturated heterocycles. The summed E-state index contributed by atoms with van der Waals surface area (Å²) in [5.41, 5.74) is 0. The molecule has 0 amide bonds. The molecular weight excluding hydrogens is 112 g/mol. The smallest absolute Gasteiger partial charge is 0.105 e. The normalized spacial score (nSPS) is 15.8. The first-order valence-corrected chi connectivity index (χ1v) is 3.38. The Labute approximate surface area is 56.4 Å². The number of rotatable bonds is 2. The summed E-state index contributed by atoms with van der Waals surface area (Å²) in [6, 6.07) is 6.03. The van der Waals surface area contributed by atoms with E-state index in [-0.39, 0.29) is 0 Å². The first-order chi connectivity index (χ1) is 4.36. The Bertz CT molecular complexity index is 129. The summed E-state index contributed by atoms with van der Waals surface area (Å²) in [4.78, 5) is 4.20. The summed E-state index contributed by atoms with van der Waals surface area (Å²) in [7, 11) is 0. The molecule has 0 bridgehead atoms. The molecule has 0 N–H and O–H groups in total. The van der Waals surface area contributed by atoms with Crippen LogP contribution < -0.4 is 0 Å². The van der Waals surface area contributed by atoms with Crippen LogP contribution in [0, 0.1) is 12.1 Å². The van der Waals surface area contributed by atoms with Crippen LogP contribution in [0.25, 0.3) is 0 Å². The standard InChI is InChI=1S/C7H12N2/c1-3-8-5-6-9(4-2)7-8/h3-4,7H2,1-2H3. The molecule has 1 rings (SSSR count). The van der Waals surface area contributed by atoms with Crippen molar-refractivity contribution in [3.8, 4) is 12.1 Å². The van der Waals surface area contributed by atoms with Crippen LogP contribution in [0.3, 0.4) is 0 Å². The van der Waals surface area contributed by atoms with E-state index in [1.54, 1.807) is 0 Å². The fourth-order valence-electron chi connectivity index (χ4n) is 0.776. The Morgan fingerprint density at radius 3 is 1.78 bits per heavy atom. The molecule has 50 valence electrons. The van der Waals surface area contributed by atoms with E-state index in [0.717, 1.165) is 19.8 Å². The van der Waals surface area contributed by atoms with Gasteiger partial charge in [0.15, 0.2) is 0 Å². The summed E-state index contributed by atoms with van der Waals surface area (Å²) in [6.07, 6.45) is 0. The maximum absolute atomic E-state index is 3.02. The van der Waals surface area contributed by atoms with Gasteiger partial charge in [0.2, 0.25) is 0 Å². The maximum Gasteiger partial charge on any atom is 0.105 e. The van der Waals surface area contributed by atoms with Crippen LogP contribution in [0.1, 0.15) is 13.8 Å². The average molecular weight is 124 g/mol. The molecule has 0 aromatic carbocycles. The summed E-state index contributed by atoms with van der Waals surface area (Å²) < 4.78 is 0. The first kappa shape index (κ1) is 6.28. The third kappa shape index (κ3) is 1.29. The van der Waals surface area contributed by atoms with Gasteiger partial charge >= 0.3 is 0 Å². The molecule has 0 radical (unpaired) electrons. The van der Waals surface area contributed by atoms with Gasteiger partial charge in [-0.3, -0.25) is 0 Å². The molecule has 0 spiro atoms. The zero-order chi connectivity index (χ0) is 6.69. The third-order valence-electron chi connectivity index (χ3n) is 1.47. The molecule has 0 saturated carbocycles. The summed E-state index contributed by atoms with van der Waals surface area (Å²) in [6.45, 7) is 7.27. The summed E-state index contributed by atoms with van der Waals surface area (Å²) in [5, 5.41) is 0. The van der Waals surface area contributed by atoms with Gasteiger partial charge in [0.1, 0.15) is 6.67 Å². The molecule has 0 unspecified atom stereocenters. The topological polar surface area (TPSA) is 6.48 Å². The van der Waals surface area contributed by atoms with Crippen molar-refractivity contribution in [3.05, 3.63) is 0 Å². The lowest BCUT2D eigenvalue weighted by molar-refractivity contribution is 0.291. The zero-order valence-corrected chi connectivity index (χ0v) is 6.02. The van der Waals surface area contributed by atoms with Crippen LogP contribution in [0.4, 0.5) is 0 Å². The van der Waals surface area contributed by atoms with Crippen molar-refractivity contribution in [3.63, 3.8) is 0 Å². The average Bonchev–Trinajstić information content (AvgIpc) is 2.34. The van der Waals surface area contributed by atoms with Crippen molar-refractivity contribution in [2.45, 2.75) is 13.8 Å². The van der Waals surface area contributed by atoms with Crippen molar-refractivity contribution in [1.29, 1.82) is 0 Å². The van der Waals surface area contributed by atoms with E-state index >= 15 is 0 Å². The van der Waals surface area contributed by atoms with Crippen LogP contribution in [-0.2, 0) is 0 Å². The lowest BCUT2D eigenvalue weighted by Crippen LogP contribution is -2.26. The predicted molar refractivity (Wildman–Crippen MR) is 37.4 cm³/mol. The molecule has 2 heteroatoms. The summed E-state index contributed by atoms with van der Waals surface area (Å²) >= 11 is 0. The van der Waals surface area contributed by atoms with E-state index in [0.29, 0.717) is 0 Å². The van der Waals surface area contributed by atoms with E-state index in [4.69, 9.17) is 0 Å². The van der Waals surface area contributed by atoms with Crippen LogP contribution in [0.2, 0.25) is 0 Å². The van der Waals surface area contributed by atoms with Crippen molar-refractivity contribution < 1.29 is 0 Å². The van der Waals surface area contributed by atoms with Gasteiger partial charge in [-0.2, -0.15) is 0 Å². The molecule has 0 atom stereocenters. The van der Waals surface area contributed by atoms with Crippen LogP contribution >= 0.6 is 0 Å². The maximum atomic E-state index is 3.02. The Hall–Kier alpha value is -0.840. The minimum absolute atomic E-state index is 0.965. The second kappa shape index (κ2) is 2.63. The zero-order valence-electron chi connectivity index (χ0n) is 6.02. The highest BCUT2D eigenvalue weighted by atomic mass is 15.3. The van der Waals surface area contributed by atoms with Gasteiger partial charge in [-0.1, -0.05) is 0 Å². The largest absolute Gasteiger partial charge is 0.312 e. The molecule has 0 fully saturated rings. The molecule has 1 aliphatic rings. The Balaban J connectivity index is 2.35. The van der Waals surface area contributed by atoms with Crippen LogP contribution in [-0.4, -0.2) is 29.6 Å². The van der Waals surface area contributed by atoms with Crippen molar-refractivity contribution >= 4 is 0 Å². The van der Waals surface area contributed by atoms with Crippen molar-refractivity contribution in [2.75, 3.05) is 19.8 Å². The van der Waals surface area contributed by atoms with E-state index in [9.17, 15) is 0 Å². The highest BCUT2D eigenvalue weighted by Crippen LogP contribution is 1.96. The number of nitrogens with zero attached hydrogens (tertiary/aromatic N) is 2.